The number of halogens is 1. The van der Waals surface area contributed by atoms with E-state index >= 15 is 0 Å². The summed E-state index contributed by atoms with van der Waals surface area (Å²) in [5.41, 5.74) is 5.26. The molecule has 4 nitrogen and oxygen atoms in total. The van der Waals surface area contributed by atoms with Crippen molar-refractivity contribution in [3.05, 3.63) is 95.2 Å². The highest BCUT2D eigenvalue weighted by molar-refractivity contribution is 9.10. The van der Waals surface area contributed by atoms with E-state index in [2.05, 4.69) is 50.1 Å². The van der Waals surface area contributed by atoms with Gasteiger partial charge in [-0.25, -0.2) is 4.98 Å². The van der Waals surface area contributed by atoms with E-state index in [1.165, 1.54) is 0 Å². The van der Waals surface area contributed by atoms with Crippen LogP contribution in [0.2, 0.25) is 0 Å². The average molecular weight is 442 g/mol. The van der Waals surface area contributed by atoms with Gasteiger partial charge in [0.25, 0.3) is 0 Å². The van der Waals surface area contributed by atoms with Crippen molar-refractivity contribution in [1.29, 1.82) is 0 Å². The van der Waals surface area contributed by atoms with Gasteiger partial charge in [0.05, 0.1) is 11.0 Å². The molecule has 6 rings (SSSR count). The second kappa shape index (κ2) is 6.36. The van der Waals surface area contributed by atoms with Gasteiger partial charge in [0.15, 0.2) is 6.17 Å². The normalized spacial score (nSPS) is 15.0. The van der Waals surface area contributed by atoms with Crippen molar-refractivity contribution in [2.45, 2.75) is 6.17 Å². The minimum absolute atomic E-state index is 0.170. The molecule has 0 unspecified atom stereocenters. The van der Waals surface area contributed by atoms with Crippen molar-refractivity contribution in [3.8, 4) is 22.7 Å². The summed E-state index contributed by atoms with van der Waals surface area (Å²) in [6.07, 6.45) is -0.170. The summed E-state index contributed by atoms with van der Waals surface area (Å²) in [5, 5.41) is 3.64. The summed E-state index contributed by atoms with van der Waals surface area (Å²) >= 11 is 3.49. The number of nitrogens with zero attached hydrogens (tertiary/aromatic N) is 2. The molecule has 1 aliphatic heterocycles. The monoisotopic (exact) mass is 441 g/mol. The predicted octanol–water partition coefficient (Wildman–Crippen LogP) is 6.70. The van der Waals surface area contributed by atoms with E-state index in [-0.39, 0.29) is 6.17 Å². The largest absolute Gasteiger partial charge is 0.457 e. The standard InChI is InChI=1S/C24H16BrN3O/c25-16-11-9-15(10-12-16)21-13-14-22(29-21)24-26-18-6-2-1-5-17(18)23-27-19-7-3-4-8-20(19)28(23)24/h1-14,24,26H/t24-/m0/s1. The number of aromatic nitrogens is 2. The van der Waals surface area contributed by atoms with Crippen LogP contribution >= 0.6 is 15.9 Å². The molecule has 3 heterocycles. The van der Waals surface area contributed by atoms with E-state index < -0.39 is 0 Å². The first-order chi connectivity index (χ1) is 14.3. The van der Waals surface area contributed by atoms with Crippen LogP contribution < -0.4 is 5.32 Å². The number of benzene rings is 3. The van der Waals surface area contributed by atoms with E-state index in [1.54, 1.807) is 0 Å². The van der Waals surface area contributed by atoms with E-state index in [1.807, 2.05) is 60.7 Å². The number of rotatable bonds is 2. The van der Waals surface area contributed by atoms with Crippen LogP contribution in [0.1, 0.15) is 11.9 Å². The molecule has 3 aromatic carbocycles. The third-order valence-electron chi connectivity index (χ3n) is 5.34. The summed E-state index contributed by atoms with van der Waals surface area (Å²) in [6, 6.07) is 28.7. The summed E-state index contributed by atoms with van der Waals surface area (Å²) in [4.78, 5) is 4.92. The predicted molar refractivity (Wildman–Crippen MR) is 119 cm³/mol. The molecule has 29 heavy (non-hydrogen) atoms. The number of para-hydroxylation sites is 3. The number of fused-ring (bicyclic) bond motifs is 5. The van der Waals surface area contributed by atoms with Crippen molar-refractivity contribution in [1.82, 2.24) is 9.55 Å². The third-order valence-corrected chi connectivity index (χ3v) is 5.87. The Morgan fingerprint density at radius 2 is 1.66 bits per heavy atom. The number of furan rings is 1. The van der Waals surface area contributed by atoms with E-state index in [0.717, 1.165) is 49.7 Å². The first-order valence-corrected chi connectivity index (χ1v) is 10.3. The van der Waals surface area contributed by atoms with Gasteiger partial charge in [0, 0.05) is 21.3 Å². The lowest BCUT2D eigenvalue weighted by molar-refractivity contribution is 0.465. The van der Waals surface area contributed by atoms with Crippen molar-refractivity contribution in [2.24, 2.45) is 0 Å². The van der Waals surface area contributed by atoms with Gasteiger partial charge in [-0.15, -0.1) is 0 Å². The Bertz CT molecular complexity index is 1350. The Morgan fingerprint density at radius 3 is 2.55 bits per heavy atom. The molecule has 0 fully saturated rings. The van der Waals surface area contributed by atoms with Crippen LogP contribution in [0.5, 0.6) is 0 Å². The van der Waals surface area contributed by atoms with E-state index in [9.17, 15) is 0 Å². The molecular formula is C24H16BrN3O. The van der Waals surface area contributed by atoms with E-state index in [4.69, 9.17) is 9.40 Å². The Labute approximate surface area is 175 Å². The number of hydrogen-bond donors (Lipinski definition) is 1. The number of imidazole rings is 1. The molecule has 5 aromatic rings. The molecular weight excluding hydrogens is 426 g/mol. The summed E-state index contributed by atoms with van der Waals surface area (Å²) < 4.78 is 9.59. The molecule has 0 saturated carbocycles. The lowest BCUT2D eigenvalue weighted by atomic mass is 10.1. The molecule has 0 spiro atoms. The van der Waals surface area contributed by atoms with Gasteiger partial charge in [-0.1, -0.05) is 52.3 Å². The lowest BCUT2D eigenvalue weighted by Gasteiger charge is -2.28. The molecule has 0 bridgehead atoms. The zero-order valence-electron chi connectivity index (χ0n) is 15.3. The van der Waals surface area contributed by atoms with Crippen LogP contribution in [0.15, 0.2) is 93.8 Å². The topological polar surface area (TPSA) is 43.0 Å². The highest BCUT2D eigenvalue weighted by Crippen LogP contribution is 2.41. The zero-order valence-corrected chi connectivity index (χ0v) is 16.9. The second-order valence-corrected chi connectivity index (χ2v) is 8.01. The fourth-order valence-electron chi connectivity index (χ4n) is 3.98. The fraction of sp³-hybridized carbons (Fsp3) is 0.0417. The first kappa shape index (κ1) is 16.6. The average Bonchev–Trinajstić information content (AvgIpc) is 3.39. The van der Waals surface area contributed by atoms with Crippen LogP contribution in [0.25, 0.3) is 33.7 Å². The number of hydrogen-bond acceptors (Lipinski definition) is 3. The van der Waals surface area contributed by atoms with Gasteiger partial charge in [-0.2, -0.15) is 0 Å². The first-order valence-electron chi connectivity index (χ1n) is 9.46. The SMILES string of the molecule is Brc1ccc(-c2ccc([C@H]3Nc4ccccc4-c4nc5ccccc5n43)o2)cc1. The van der Waals surface area contributed by atoms with Crippen LogP contribution in [0.3, 0.4) is 0 Å². The fourth-order valence-corrected chi connectivity index (χ4v) is 4.24. The highest BCUT2D eigenvalue weighted by Gasteiger charge is 2.30. The maximum atomic E-state index is 6.31. The number of nitrogens with one attached hydrogen (secondary N) is 1. The smallest absolute Gasteiger partial charge is 0.165 e. The molecule has 5 heteroatoms. The van der Waals surface area contributed by atoms with Crippen molar-refractivity contribution < 1.29 is 4.42 Å². The van der Waals surface area contributed by atoms with Crippen LogP contribution in [0, 0.1) is 0 Å². The molecule has 0 radical (unpaired) electrons. The van der Waals surface area contributed by atoms with Crippen LogP contribution in [-0.4, -0.2) is 9.55 Å². The van der Waals surface area contributed by atoms with Gasteiger partial charge >= 0.3 is 0 Å². The Balaban J connectivity index is 1.52. The lowest BCUT2D eigenvalue weighted by Crippen LogP contribution is -2.24. The maximum Gasteiger partial charge on any atom is 0.165 e. The second-order valence-electron chi connectivity index (χ2n) is 7.10. The molecule has 1 N–H and O–H groups in total. The van der Waals surface area contributed by atoms with E-state index in [0.29, 0.717) is 0 Å². The van der Waals surface area contributed by atoms with Crippen molar-refractivity contribution in [3.63, 3.8) is 0 Å². The van der Waals surface area contributed by atoms with Gasteiger partial charge in [-0.3, -0.25) is 4.57 Å². The minimum atomic E-state index is -0.170. The van der Waals surface area contributed by atoms with Gasteiger partial charge < -0.3 is 9.73 Å². The number of anilines is 1. The summed E-state index contributed by atoms with van der Waals surface area (Å²) in [6.45, 7) is 0. The quantitative estimate of drug-likeness (QED) is 0.331. The molecule has 0 aliphatic carbocycles. The van der Waals surface area contributed by atoms with Gasteiger partial charge in [0.2, 0.25) is 0 Å². The van der Waals surface area contributed by atoms with Crippen LogP contribution in [-0.2, 0) is 0 Å². The zero-order chi connectivity index (χ0) is 19.4. The Kier molecular flexibility index (Phi) is 3.64. The van der Waals surface area contributed by atoms with Gasteiger partial charge in [0.1, 0.15) is 17.3 Å². The third kappa shape index (κ3) is 2.62. The Morgan fingerprint density at radius 1 is 0.862 bits per heavy atom. The summed E-state index contributed by atoms with van der Waals surface area (Å²) in [7, 11) is 0. The van der Waals surface area contributed by atoms with Crippen molar-refractivity contribution >= 4 is 32.7 Å². The highest BCUT2D eigenvalue weighted by atomic mass is 79.9. The van der Waals surface area contributed by atoms with Gasteiger partial charge in [-0.05, 0) is 48.5 Å². The molecule has 0 saturated heterocycles. The minimum Gasteiger partial charge on any atom is -0.457 e. The van der Waals surface area contributed by atoms with Crippen LogP contribution in [0.4, 0.5) is 5.69 Å². The molecule has 0 amide bonds. The molecule has 1 aliphatic rings. The molecule has 1 atom stereocenters. The summed E-state index contributed by atoms with van der Waals surface area (Å²) in [5.74, 6) is 2.65. The molecule has 140 valence electrons. The maximum absolute atomic E-state index is 6.31. The Hall–Kier alpha value is -3.31. The molecule has 2 aromatic heterocycles. The van der Waals surface area contributed by atoms with Crippen molar-refractivity contribution in [2.75, 3.05) is 5.32 Å².